The smallest absolute Gasteiger partial charge is 0.118 e. The van der Waals surface area contributed by atoms with E-state index in [1.165, 1.54) is 5.56 Å². The van der Waals surface area contributed by atoms with E-state index in [1.807, 2.05) is 18.2 Å². The summed E-state index contributed by atoms with van der Waals surface area (Å²) in [5.74, 6) is 0.814. The molecule has 5 nitrogen and oxygen atoms in total. The summed E-state index contributed by atoms with van der Waals surface area (Å²) in [5, 5.41) is 0. The highest BCUT2D eigenvalue weighted by Crippen LogP contribution is 2.36. The molecule has 1 aliphatic rings. The van der Waals surface area contributed by atoms with Crippen LogP contribution < -0.4 is 4.74 Å². The van der Waals surface area contributed by atoms with Crippen LogP contribution in [0.5, 0.6) is 5.75 Å². The molecule has 7 aromatic rings. The summed E-state index contributed by atoms with van der Waals surface area (Å²) in [6.45, 7) is 2.11. The van der Waals surface area contributed by atoms with Crippen LogP contribution in [0.15, 0.2) is 115 Å². The molecular weight excluding hydrogens is 540 g/mol. The Bertz CT molecular complexity index is 2300. The van der Waals surface area contributed by atoms with E-state index in [1.54, 1.807) is 7.11 Å². The molecule has 0 aliphatic carbocycles. The Morgan fingerprint density at radius 3 is 1.41 bits per heavy atom. The zero-order valence-corrected chi connectivity index (χ0v) is 24.5. The van der Waals surface area contributed by atoms with Gasteiger partial charge in [-0.1, -0.05) is 72.3 Å². The SMILES string of the molecule is COc1ccc(-c2c3nc(c(-c4ccc(C)cc4)c4ccc([nH]4)c4ccc([nH]4)c(-c4ccccc4)c4ccc2[nH]4)C=C3)cc1. The quantitative estimate of drug-likeness (QED) is 0.197. The van der Waals surface area contributed by atoms with E-state index >= 15 is 0 Å². The van der Waals surface area contributed by atoms with Crippen molar-refractivity contribution in [3.05, 3.63) is 132 Å². The van der Waals surface area contributed by atoms with Crippen LogP contribution in [0.25, 0.3) is 78.6 Å². The van der Waals surface area contributed by atoms with Crippen molar-refractivity contribution in [2.75, 3.05) is 7.11 Å². The van der Waals surface area contributed by atoms with E-state index in [2.05, 4.69) is 131 Å². The fourth-order valence-electron chi connectivity index (χ4n) is 6.15. The van der Waals surface area contributed by atoms with Crippen molar-refractivity contribution < 1.29 is 4.74 Å². The lowest BCUT2D eigenvalue weighted by Gasteiger charge is -2.07. The van der Waals surface area contributed by atoms with Crippen LogP contribution in [0.4, 0.5) is 0 Å². The predicted octanol–water partition coefficient (Wildman–Crippen LogP) is 10.0. The molecule has 0 saturated heterocycles. The first-order chi connectivity index (χ1) is 21.6. The third-order valence-electron chi connectivity index (χ3n) is 8.36. The van der Waals surface area contributed by atoms with Gasteiger partial charge in [0.2, 0.25) is 0 Å². The number of rotatable bonds is 4. The second-order valence-electron chi connectivity index (χ2n) is 11.2. The average Bonchev–Trinajstić information content (AvgIpc) is 3.88. The maximum atomic E-state index is 5.48. The lowest BCUT2D eigenvalue weighted by atomic mass is 10.0. The number of benzene rings is 3. The fourth-order valence-corrected chi connectivity index (χ4v) is 6.15. The number of aryl methyl sites for hydroxylation is 1. The summed E-state index contributed by atoms with van der Waals surface area (Å²) in [4.78, 5) is 16.5. The second kappa shape index (κ2) is 10.5. The van der Waals surface area contributed by atoms with Gasteiger partial charge in [-0.15, -0.1) is 0 Å². The van der Waals surface area contributed by atoms with Crippen LogP contribution in [0.1, 0.15) is 17.0 Å². The van der Waals surface area contributed by atoms with Crippen molar-refractivity contribution in [1.29, 1.82) is 0 Å². The summed E-state index contributed by atoms with van der Waals surface area (Å²) < 4.78 is 5.48. The summed E-state index contributed by atoms with van der Waals surface area (Å²) >= 11 is 0. The summed E-state index contributed by atoms with van der Waals surface area (Å²) in [5.41, 5.74) is 15.6. The van der Waals surface area contributed by atoms with Gasteiger partial charge in [-0.2, -0.15) is 0 Å². The van der Waals surface area contributed by atoms with Crippen LogP contribution in [0.2, 0.25) is 0 Å². The molecule has 0 atom stereocenters. The molecule has 0 amide bonds. The van der Waals surface area contributed by atoms with Gasteiger partial charge in [0.1, 0.15) is 5.75 Å². The number of aromatic amines is 3. The fraction of sp³-hybridized carbons (Fsp3) is 0.0513. The van der Waals surface area contributed by atoms with Crippen molar-refractivity contribution in [2.24, 2.45) is 0 Å². The molecule has 5 heterocycles. The van der Waals surface area contributed by atoms with Gasteiger partial charge in [-0.25, -0.2) is 4.98 Å². The number of nitrogens with one attached hydrogen (secondary N) is 3. The zero-order valence-electron chi connectivity index (χ0n) is 24.5. The molecule has 44 heavy (non-hydrogen) atoms. The minimum absolute atomic E-state index is 0.814. The molecule has 0 saturated carbocycles. The highest BCUT2D eigenvalue weighted by atomic mass is 16.5. The Balaban J connectivity index is 1.54. The molecule has 0 fully saturated rings. The molecule has 8 bridgehead atoms. The van der Waals surface area contributed by atoms with Gasteiger partial charge in [0.25, 0.3) is 0 Å². The Kier molecular flexibility index (Phi) is 6.16. The third-order valence-corrected chi connectivity index (χ3v) is 8.36. The maximum Gasteiger partial charge on any atom is 0.118 e. The Morgan fingerprint density at radius 1 is 0.455 bits per heavy atom. The van der Waals surface area contributed by atoms with Gasteiger partial charge < -0.3 is 19.7 Å². The number of hydrogen-bond acceptors (Lipinski definition) is 2. The van der Waals surface area contributed by atoms with Gasteiger partial charge in [-0.05, 0) is 84.3 Å². The Labute approximate surface area is 254 Å². The van der Waals surface area contributed by atoms with Crippen molar-refractivity contribution in [3.8, 4) is 39.1 Å². The minimum atomic E-state index is 0.814. The molecule has 4 aromatic heterocycles. The van der Waals surface area contributed by atoms with Crippen molar-refractivity contribution in [3.63, 3.8) is 0 Å². The van der Waals surface area contributed by atoms with E-state index in [0.717, 1.165) is 83.6 Å². The molecule has 3 aromatic carbocycles. The largest absolute Gasteiger partial charge is 0.497 e. The molecule has 0 unspecified atom stereocenters. The molecule has 1 aliphatic heterocycles. The van der Waals surface area contributed by atoms with Crippen LogP contribution in [-0.4, -0.2) is 27.0 Å². The number of hydrogen-bond donors (Lipinski definition) is 3. The van der Waals surface area contributed by atoms with Gasteiger partial charge >= 0.3 is 0 Å². The lowest BCUT2D eigenvalue weighted by Crippen LogP contribution is -1.89. The normalized spacial score (nSPS) is 11.8. The molecule has 0 spiro atoms. The van der Waals surface area contributed by atoms with Crippen molar-refractivity contribution in [2.45, 2.75) is 6.92 Å². The number of nitrogens with zero attached hydrogens (tertiary/aromatic N) is 1. The maximum absolute atomic E-state index is 5.48. The van der Waals surface area contributed by atoms with Crippen LogP contribution in [-0.2, 0) is 0 Å². The van der Waals surface area contributed by atoms with E-state index in [9.17, 15) is 0 Å². The van der Waals surface area contributed by atoms with Gasteiger partial charge in [-0.3, -0.25) is 0 Å². The highest BCUT2D eigenvalue weighted by molar-refractivity contribution is 5.99. The summed E-state index contributed by atoms with van der Waals surface area (Å²) in [7, 11) is 1.69. The van der Waals surface area contributed by atoms with Crippen molar-refractivity contribution >= 4 is 45.3 Å². The molecule has 8 rings (SSSR count). The van der Waals surface area contributed by atoms with Crippen LogP contribution in [0, 0.1) is 6.92 Å². The predicted molar refractivity (Wildman–Crippen MR) is 183 cm³/mol. The standard InChI is InChI=1S/C39H30N4O/c1-24-8-10-26(11-9-24)38-32-19-17-30(41-32)29-16-18-31(40-29)37(25-6-4-3-5-7-25)33-20-21-35(42-33)39(36-23-22-34(38)43-36)27-12-14-28(44-2)15-13-27/h3-23,40-42H,1-2H3. The monoisotopic (exact) mass is 570 g/mol. The minimum Gasteiger partial charge on any atom is -0.497 e. The number of fused-ring (bicyclic) bond motifs is 9. The van der Waals surface area contributed by atoms with Crippen LogP contribution in [0.3, 0.4) is 0 Å². The highest BCUT2D eigenvalue weighted by Gasteiger charge is 2.16. The average molecular weight is 571 g/mol. The van der Waals surface area contributed by atoms with Crippen LogP contribution >= 0.6 is 0 Å². The van der Waals surface area contributed by atoms with Gasteiger partial charge in [0.15, 0.2) is 0 Å². The van der Waals surface area contributed by atoms with Gasteiger partial charge in [0.05, 0.1) is 29.5 Å². The third kappa shape index (κ3) is 4.46. The number of H-pyrrole nitrogens is 3. The van der Waals surface area contributed by atoms with Crippen molar-refractivity contribution in [1.82, 2.24) is 19.9 Å². The van der Waals surface area contributed by atoms with E-state index < -0.39 is 0 Å². The zero-order chi connectivity index (χ0) is 29.6. The molecule has 0 radical (unpaired) electrons. The Hall–Kier alpha value is -5.81. The van der Waals surface area contributed by atoms with E-state index in [4.69, 9.17) is 9.72 Å². The second-order valence-corrected chi connectivity index (χ2v) is 11.2. The topological polar surface area (TPSA) is 69.5 Å². The summed E-state index contributed by atoms with van der Waals surface area (Å²) in [6.07, 6.45) is 4.25. The number of methoxy groups -OCH3 is 1. The molecule has 3 N–H and O–H groups in total. The first-order valence-electron chi connectivity index (χ1n) is 14.8. The first-order valence-corrected chi connectivity index (χ1v) is 14.8. The Morgan fingerprint density at radius 2 is 0.886 bits per heavy atom. The lowest BCUT2D eigenvalue weighted by molar-refractivity contribution is 0.415. The number of ether oxygens (including phenoxy) is 1. The van der Waals surface area contributed by atoms with Gasteiger partial charge in [0, 0.05) is 38.8 Å². The molecular formula is C39H30N4O. The van der Waals surface area contributed by atoms with E-state index in [0.29, 0.717) is 0 Å². The first kappa shape index (κ1) is 25.9. The number of aromatic nitrogens is 4. The molecule has 5 heteroatoms. The summed E-state index contributed by atoms with van der Waals surface area (Å²) in [6, 6.07) is 40.3. The van der Waals surface area contributed by atoms with E-state index in [-0.39, 0.29) is 0 Å². The molecule has 212 valence electrons.